The van der Waals surface area contributed by atoms with Crippen LogP contribution in [-0.2, 0) is 11.3 Å². The second-order valence-electron chi connectivity index (χ2n) is 7.82. The van der Waals surface area contributed by atoms with Gasteiger partial charge in [-0.05, 0) is 61.0 Å². The molecule has 1 aromatic heterocycles. The molecule has 0 aliphatic rings. The summed E-state index contributed by atoms with van der Waals surface area (Å²) in [7, 11) is 0. The van der Waals surface area contributed by atoms with Gasteiger partial charge in [-0.25, -0.2) is 4.98 Å². The fraction of sp³-hybridized carbons (Fsp3) is 0.111. The number of aryl methyl sites for hydroxylation is 1. The Balaban J connectivity index is 1.33. The third kappa shape index (κ3) is 6.37. The minimum atomic E-state index is -0.171. The summed E-state index contributed by atoms with van der Waals surface area (Å²) in [4.78, 5) is 29.2. The third-order valence-corrected chi connectivity index (χ3v) is 6.19. The summed E-state index contributed by atoms with van der Waals surface area (Å²) in [5, 5.41) is 15.3. The maximum atomic E-state index is 12.5. The predicted octanol–water partition coefficient (Wildman–Crippen LogP) is 4.71. The zero-order valence-corrected chi connectivity index (χ0v) is 19.9. The van der Waals surface area contributed by atoms with E-state index in [0.717, 1.165) is 11.3 Å². The third-order valence-electron chi connectivity index (χ3n) is 5.22. The van der Waals surface area contributed by atoms with Gasteiger partial charge in [0.2, 0.25) is 5.91 Å². The number of thioether (sulfide) groups is 1. The van der Waals surface area contributed by atoms with E-state index >= 15 is 0 Å². The van der Waals surface area contributed by atoms with Crippen LogP contribution in [0.25, 0.3) is 5.69 Å². The quantitative estimate of drug-likeness (QED) is 0.355. The van der Waals surface area contributed by atoms with E-state index < -0.39 is 0 Å². The van der Waals surface area contributed by atoms with Crippen LogP contribution in [0.4, 0.5) is 5.69 Å². The van der Waals surface area contributed by atoms with E-state index in [1.807, 2.05) is 60.2 Å². The van der Waals surface area contributed by atoms with E-state index in [0.29, 0.717) is 28.5 Å². The number of anilines is 1. The minimum Gasteiger partial charge on any atom is -0.348 e. The number of benzene rings is 3. The molecule has 0 unspecified atom stereocenters. The number of amides is 2. The molecule has 0 saturated carbocycles. The van der Waals surface area contributed by atoms with Crippen LogP contribution in [0.3, 0.4) is 0 Å². The van der Waals surface area contributed by atoms with Crippen LogP contribution in [0.15, 0.2) is 90.3 Å². The van der Waals surface area contributed by atoms with Crippen LogP contribution in [0.2, 0.25) is 0 Å². The number of carbonyl (C=O) groups excluding carboxylic acids is 2. The first kappa shape index (κ1) is 23.8. The van der Waals surface area contributed by atoms with Crippen molar-refractivity contribution in [2.75, 3.05) is 11.1 Å². The summed E-state index contributed by atoms with van der Waals surface area (Å²) < 4.78 is 1.87. The Morgan fingerprint density at radius 2 is 1.71 bits per heavy atom. The van der Waals surface area contributed by atoms with Gasteiger partial charge < -0.3 is 10.6 Å². The lowest BCUT2D eigenvalue weighted by Crippen LogP contribution is -2.22. The zero-order chi connectivity index (χ0) is 24.6. The van der Waals surface area contributed by atoms with Gasteiger partial charge in [0, 0.05) is 35.9 Å². The van der Waals surface area contributed by atoms with Gasteiger partial charge in [-0.2, -0.15) is 5.26 Å². The van der Waals surface area contributed by atoms with E-state index in [1.165, 1.54) is 17.3 Å². The maximum absolute atomic E-state index is 12.5. The van der Waals surface area contributed by atoms with Crippen molar-refractivity contribution in [1.29, 1.82) is 5.26 Å². The standard InChI is InChI=1S/C27H23N5O2S/c1-19-2-4-21(5-3-19)17-30-26(34)22-8-12-24(13-9-22)32-15-14-29-27(32)35-18-25(33)31-23-10-6-20(16-28)7-11-23/h2-15H,17-18H2,1H3,(H,30,34)(H,31,33). The van der Waals surface area contributed by atoms with Gasteiger partial charge in [-0.1, -0.05) is 41.6 Å². The highest BCUT2D eigenvalue weighted by Gasteiger charge is 2.11. The van der Waals surface area contributed by atoms with Gasteiger partial charge in [-0.15, -0.1) is 0 Å². The molecule has 2 N–H and O–H groups in total. The Morgan fingerprint density at radius 3 is 2.40 bits per heavy atom. The van der Waals surface area contributed by atoms with E-state index in [-0.39, 0.29) is 17.6 Å². The maximum Gasteiger partial charge on any atom is 0.251 e. The Morgan fingerprint density at radius 1 is 1.00 bits per heavy atom. The second kappa shape index (κ2) is 11.2. The van der Waals surface area contributed by atoms with E-state index in [4.69, 9.17) is 5.26 Å². The lowest BCUT2D eigenvalue weighted by atomic mass is 10.1. The predicted molar refractivity (Wildman–Crippen MR) is 136 cm³/mol. The Hall–Kier alpha value is -4.35. The number of hydrogen-bond acceptors (Lipinski definition) is 5. The van der Waals surface area contributed by atoms with Gasteiger partial charge in [0.25, 0.3) is 5.91 Å². The average Bonchev–Trinajstić information content (AvgIpc) is 3.36. The number of imidazole rings is 1. The van der Waals surface area contributed by atoms with Crippen molar-refractivity contribution < 1.29 is 9.59 Å². The molecular formula is C27H23N5O2S. The SMILES string of the molecule is Cc1ccc(CNC(=O)c2ccc(-n3ccnc3SCC(=O)Nc3ccc(C#N)cc3)cc2)cc1. The number of nitrogens with one attached hydrogen (secondary N) is 2. The van der Waals surface area contributed by atoms with Crippen LogP contribution in [-0.4, -0.2) is 27.1 Å². The summed E-state index contributed by atoms with van der Waals surface area (Å²) in [6.07, 6.45) is 3.48. The van der Waals surface area contributed by atoms with Crippen LogP contribution in [0, 0.1) is 18.3 Å². The topological polar surface area (TPSA) is 99.8 Å². The van der Waals surface area contributed by atoms with Crippen molar-refractivity contribution in [2.24, 2.45) is 0 Å². The molecule has 2 amide bonds. The van der Waals surface area contributed by atoms with E-state index in [2.05, 4.69) is 15.6 Å². The van der Waals surface area contributed by atoms with Crippen molar-refractivity contribution in [3.63, 3.8) is 0 Å². The molecule has 0 spiro atoms. The molecular weight excluding hydrogens is 458 g/mol. The lowest BCUT2D eigenvalue weighted by Gasteiger charge is -2.10. The molecule has 0 atom stereocenters. The van der Waals surface area contributed by atoms with Gasteiger partial charge in [0.1, 0.15) is 0 Å². The number of carbonyl (C=O) groups is 2. The fourth-order valence-corrected chi connectivity index (χ4v) is 4.09. The summed E-state index contributed by atoms with van der Waals surface area (Å²) in [6, 6.07) is 24.0. The smallest absolute Gasteiger partial charge is 0.251 e. The number of rotatable bonds is 8. The van der Waals surface area contributed by atoms with Crippen molar-refractivity contribution in [3.05, 3.63) is 107 Å². The highest BCUT2D eigenvalue weighted by Crippen LogP contribution is 2.21. The van der Waals surface area contributed by atoms with Crippen LogP contribution in [0.5, 0.6) is 0 Å². The molecule has 1 heterocycles. The van der Waals surface area contributed by atoms with Gasteiger partial charge in [0.05, 0.1) is 17.4 Å². The average molecular weight is 482 g/mol. The van der Waals surface area contributed by atoms with Crippen molar-refractivity contribution >= 4 is 29.3 Å². The monoisotopic (exact) mass is 481 g/mol. The molecule has 8 heteroatoms. The van der Waals surface area contributed by atoms with Crippen molar-refractivity contribution in [3.8, 4) is 11.8 Å². The molecule has 4 rings (SSSR count). The molecule has 35 heavy (non-hydrogen) atoms. The molecule has 7 nitrogen and oxygen atoms in total. The van der Waals surface area contributed by atoms with Gasteiger partial charge >= 0.3 is 0 Å². The first-order chi connectivity index (χ1) is 17.0. The molecule has 0 bridgehead atoms. The Labute approximate surface area is 207 Å². The summed E-state index contributed by atoms with van der Waals surface area (Å²) in [5.74, 6) is -0.136. The molecule has 3 aromatic carbocycles. The largest absolute Gasteiger partial charge is 0.348 e. The fourth-order valence-electron chi connectivity index (χ4n) is 3.31. The molecule has 174 valence electrons. The highest BCUT2D eigenvalue weighted by molar-refractivity contribution is 7.99. The number of nitrogens with zero attached hydrogens (tertiary/aromatic N) is 3. The van der Waals surface area contributed by atoms with E-state index in [9.17, 15) is 9.59 Å². The number of aromatic nitrogens is 2. The molecule has 0 aliphatic carbocycles. The normalized spacial score (nSPS) is 10.4. The summed E-state index contributed by atoms with van der Waals surface area (Å²) in [5.41, 5.74) is 4.80. The molecule has 0 aliphatic heterocycles. The van der Waals surface area contributed by atoms with Gasteiger partial charge in [0.15, 0.2) is 5.16 Å². The number of nitriles is 1. The first-order valence-corrected chi connectivity index (χ1v) is 11.9. The molecule has 0 fully saturated rings. The second-order valence-corrected chi connectivity index (χ2v) is 8.76. The van der Waals surface area contributed by atoms with Crippen molar-refractivity contribution in [2.45, 2.75) is 18.6 Å². The van der Waals surface area contributed by atoms with Crippen LogP contribution >= 0.6 is 11.8 Å². The molecule has 0 saturated heterocycles. The lowest BCUT2D eigenvalue weighted by molar-refractivity contribution is -0.113. The summed E-state index contributed by atoms with van der Waals surface area (Å²) in [6.45, 7) is 2.49. The molecule has 0 radical (unpaired) electrons. The first-order valence-electron chi connectivity index (χ1n) is 10.9. The van der Waals surface area contributed by atoms with E-state index in [1.54, 1.807) is 42.6 Å². The van der Waals surface area contributed by atoms with Crippen LogP contribution in [0.1, 0.15) is 27.0 Å². The number of hydrogen-bond donors (Lipinski definition) is 2. The molecule has 4 aromatic rings. The van der Waals surface area contributed by atoms with Gasteiger partial charge in [-0.3, -0.25) is 14.2 Å². The van der Waals surface area contributed by atoms with Crippen LogP contribution < -0.4 is 10.6 Å². The Bertz CT molecular complexity index is 1350. The minimum absolute atomic E-state index is 0.142. The zero-order valence-electron chi connectivity index (χ0n) is 19.1. The Kier molecular flexibility index (Phi) is 7.60. The highest BCUT2D eigenvalue weighted by atomic mass is 32.2. The summed E-state index contributed by atoms with van der Waals surface area (Å²) >= 11 is 1.31. The van der Waals surface area contributed by atoms with Crippen molar-refractivity contribution in [1.82, 2.24) is 14.9 Å².